The third kappa shape index (κ3) is 2.43. The average Bonchev–Trinajstić information content (AvgIpc) is 2.94. The second-order valence-corrected chi connectivity index (χ2v) is 4.66. The van der Waals surface area contributed by atoms with Crippen molar-refractivity contribution in [3.05, 3.63) is 53.1 Å². The van der Waals surface area contributed by atoms with Gasteiger partial charge in [-0.3, -0.25) is 0 Å². The van der Waals surface area contributed by atoms with Gasteiger partial charge >= 0.3 is 0 Å². The lowest BCUT2D eigenvalue weighted by atomic mass is 10.2. The molecule has 8 heteroatoms. The van der Waals surface area contributed by atoms with Gasteiger partial charge in [0.15, 0.2) is 17.5 Å². The zero-order chi connectivity index (χ0) is 15.0. The molecule has 2 N–H and O–H groups in total. The van der Waals surface area contributed by atoms with Crippen molar-refractivity contribution in [1.82, 2.24) is 20.2 Å². The largest absolute Gasteiger partial charge is 0.398 e. The number of aromatic nitrogens is 4. The van der Waals surface area contributed by atoms with E-state index in [0.717, 1.165) is 12.1 Å². The van der Waals surface area contributed by atoms with Crippen LogP contribution in [0.15, 0.2) is 36.4 Å². The first-order chi connectivity index (χ1) is 10.1. The highest BCUT2D eigenvalue weighted by atomic mass is 35.5. The molecule has 21 heavy (non-hydrogen) atoms. The number of nitrogens with zero attached hydrogens (tertiary/aromatic N) is 4. The Balaban J connectivity index is 2.12. The number of hydrogen-bond donors (Lipinski definition) is 1. The molecule has 1 heterocycles. The van der Waals surface area contributed by atoms with Crippen molar-refractivity contribution in [2.45, 2.75) is 0 Å². The molecule has 2 aromatic carbocycles. The molecule has 1 aromatic heterocycles. The van der Waals surface area contributed by atoms with E-state index in [4.69, 9.17) is 17.3 Å². The lowest BCUT2D eigenvalue weighted by Gasteiger charge is -2.06. The van der Waals surface area contributed by atoms with E-state index in [-0.39, 0.29) is 0 Å². The van der Waals surface area contributed by atoms with Crippen LogP contribution in [0, 0.1) is 11.6 Å². The highest BCUT2D eigenvalue weighted by molar-refractivity contribution is 6.33. The lowest BCUT2D eigenvalue weighted by Crippen LogP contribution is -2.01. The molecule has 0 radical (unpaired) electrons. The minimum absolute atomic E-state index is 0.293. The summed E-state index contributed by atoms with van der Waals surface area (Å²) in [5.41, 5.74) is 6.96. The first kappa shape index (κ1) is 13.4. The van der Waals surface area contributed by atoms with Crippen molar-refractivity contribution in [3.63, 3.8) is 0 Å². The molecule has 0 amide bonds. The molecular formula is C13H8ClF2N5. The van der Waals surface area contributed by atoms with E-state index in [1.807, 2.05) is 0 Å². The van der Waals surface area contributed by atoms with Crippen molar-refractivity contribution in [2.75, 3.05) is 5.73 Å². The first-order valence-corrected chi connectivity index (χ1v) is 6.23. The third-order valence-electron chi connectivity index (χ3n) is 2.88. The standard InChI is InChI=1S/C13H8ClF2N5/c14-9-5-7(1-4-12(9)17)13-18-19-20-21(13)8-2-3-10(15)11(16)6-8/h1-6H,17H2. The number of halogens is 3. The van der Waals surface area contributed by atoms with Gasteiger partial charge in [-0.25, -0.2) is 8.78 Å². The number of hydrogen-bond acceptors (Lipinski definition) is 4. The Bertz CT molecular complexity index is 752. The van der Waals surface area contributed by atoms with Crippen LogP contribution in [-0.4, -0.2) is 20.2 Å². The zero-order valence-electron chi connectivity index (χ0n) is 10.5. The summed E-state index contributed by atoms with van der Waals surface area (Å²) in [4.78, 5) is 0. The Labute approximate surface area is 123 Å². The van der Waals surface area contributed by atoms with Gasteiger partial charge in [0.25, 0.3) is 0 Å². The number of tetrazole rings is 1. The van der Waals surface area contributed by atoms with Crippen molar-refractivity contribution in [2.24, 2.45) is 0 Å². The predicted molar refractivity (Wildman–Crippen MR) is 73.9 cm³/mol. The lowest BCUT2D eigenvalue weighted by molar-refractivity contribution is 0.507. The number of nitrogens with two attached hydrogens (primary N) is 1. The SMILES string of the molecule is Nc1ccc(-c2nnnn2-c2ccc(F)c(F)c2)cc1Cl. The Morgan fingerprint density at radius 3 is 2.57 bits per heavy atom. The van der Waals surface area contributed by atoms with Gasteiger partial charge in [0.2, 0.25) is 0 Å². The van der Waals surface area contributed by atoms with Crippen LogP contribution < -0.4 is 5.73 Å². The maximum absolute atomic E-state index is 13.3. The molecule has 0 atom stereocenters. The molecule has 3 rings (SSSR count). The summed E-state index contributed by atoms with van der Waals surface area (Å²) < 4.78 is 27.6. The molecule has 0 aliphatic carbocycles. The molecule has 0 bridgehead atoms. The van der Waals surface area contributed by atoms with Gasteiger partial charge in [0.05, 0.1) is 16.4 Å². The molecular weight excluding hydrogens is 300 g/mol. The van der Waals surface area contributed by atoms with Crippen LogP contribution in [0.3, 0.4) is 0 Å². The fourth-order valence-electron chi connectivity index (χ4n) is 1.82. The van der Waals surface area contributed by atoms with Gasteiger partial charge in [0, 0.05) is 11.6 Å². The van der Waals surface area contributed by atoms with E-state index >= 15 is 0 Å². The Kier molecular flexibility index (Phi) is 3.26. The maximum atomic E-state index is 13.3. The highest BCUT2D eigenvalue weighted by Gasteiger charge is 2.13. The summed E-state index contributed by atoms with van der Waals surface area (Å²) in [6.07, 6.45) is 0. The zero-order valence-corrected chi connectivity index (χ0v) is 11.2. The Morgan fingerprint density at radius 1 is 1.05 bits per heavy atom. The highest BCUT2D eigenvalue weighted by Crippen LogP contribution is 2.26. The van der Waals surface area contributed by atoms with Crippen LogP contribution in [0.5, 0.6) is 0 Å². The number of nitrogen functional groups attached to an aromatic ring is 1. The van der Waals surface area contributed by atoms with Crippen molar-refractivity contribution in [3.8, 4) is 17.1 Å². The van der Waals surface area contributed by atoms with Crippen molar-refractivity contribution >= 4 is 17.3 Å². The molecule has 0 aliphatic heterocycles. The smallest absolute Gasteiger partial charge is 0.187 e. The molecule has 0 unspecified atom stereocenters. The Hall–Kier alpha value is -2.54. The van der Waals surface area contributed by atoms with Crippen LogP contribution in [-0.2, 0) is 0 Å². The van der Waals surface area contributed by atoms with Gasteiger partial charge in [-0.15, -0.1) is 5.10 Å². The topological polar surface area (TPSA) is 69.6 Å². The quantitative estimate of drug-likeness (QED) is 0.739. The molecule has 5 nitrogen and oxygen atoms in total. The van der Waals surface area contributed by atoms with E-state index in [1.165, 1.54) is 10.7 Å². The van der Waals surface area contributed by atoms with E-state index in [9.17, 15) is 8.78 Å². The first-order valence-electron chi connectivity index (χ1n) is 5.85. The second-order valence-electron chi connectivity index (χ2n) is 4.25. The van der Waals surface area contributed by atoms with Gasteiger partial charge in [-0.2, -0.15) is 4.68 Å². The number of rotatable bonds is 2. The third-order valence-corrected chi connectivity index (χ3v) is 3.20. The van der Waals surface area contributed by atoms with Gasteiger partial charge in [0.1, 0.15) is 0 Å². The van der Waals surface area contributed by atoms with E-state index in [2.05, 4.69) is 15.5 Å². The maximum Gasteiger partial charge on any atom is 0.187 e. The van der Waals surface area contributed by atoms with Crippen LogP contribution in [0.1, 0.15) is 0 Å². The minimum atomic E-state index is -0.982. The van der Waals surface area contributed by atoms with Crippen LogP contribution in [0.25, 0.3) is 17.1 Å². The normalized spacial score (nSPS) is 10.8. The fraction of sp³-hybridized carbons (Fsp3) is 0. The molecule has 106 valence electrons. The number of benzene rings is 2. The van der Waals surface area contributed by atoms with E-state index in [0.29, 0.717) is 27.8 Å². The van der Waals surface area contributed by atoms with Crippen LogP contribution in [0.2, 0.25) is 5.02 Å². The predicted octanol–water partition coefficient (Wildman–Crippen LogP) is 2.84. The van der Waals surface area contributed by atoms with Crippen molar-refractivity contribution in [1.29, 1.82) is 0 Å². The summed E-state index contributed by atoms with van der Waals surface area (Å²) in [5.74, 6) is -1.59. The van der Waals surface area contributed by atoms with Crippen molar-refractivity contribution < 1.29 is 8.78 Å². The molecule has 0 aliphatic rings. The Morgan fingerprint density at radius 2 is 1.86 bits per heavy atom. The van der Waals surface area contributed by atoms with Gasteiger partial charge < -0.3 is 5.73 Å². The number of anilines is 1. The molecule has 0 spiro atoms. The average molecular weight is 308 g/mol. The van der Waals surface area contributed by atoms with E-state index < -0.39 is 11.6 Å². The molecule has 3 aromatic rings. The van der Waals surface area contributed by atoms with Crippen LogP contribution >= 0.6 is 11.6 Å². The molecule has 0 saturated carbocycles. The fourth-order valence-corrected chi connectivity index (χ4v) is 2.00. The van der Waals surface area contributed by atoms with Crippen LogP contribution in [0.4, 0.5) is 14.5 Å². The van der Waals surface area contributed by atoms with Gasteiger partial charge in [-0.05, 0) is 40.8 Å². The second kappa shape index (κ2) is 5.10. The summed E-state index contributed by atoms with van der Waals surface area (Å²) in [6.45, 7) is 0. The molecule has 0 fully saturated rings. The summed E-state index contributed by atoms with van der Waals surface area (Å²) >= 11 is 5.96. The van der Waals surface area contributed by atoms with E-state index in [1.54, 1.807) is 18.2 Å². The summed E-state index contributed by atoms with van der Waals surface area (Å²) in [6, 6.07) is 8.28. The molecule has 0 saturated heterocycles. The summed E-state index contributed by atoms with van der Waals surface area (Å²) in [7, 11) is 0. The monoisotopic (exact) mass is 307 g/mol. The minimum Gasteiger partial charge on any atom is -0.398 e. The summed E-state index contributed by atoms with van der Waals surface area (Å²) in [5, 5.41) is 11.6. The van der Waals surface area contributed by atoms with Gasteiger partial charge in [-0.1, -0.05) is 11.6 Å².